The second kappa shape index (κ2) is 13.9. The van der Waals surface area contributed by atoms with E-state index >= 15 is 0 Å². The Kier molecular flexibility index (Phi) is 9.58. The van der Waals surface area contributed by atoms with E-state index in [0.29, 0.717) is 48.6 Å². The van der Waals surface area contributed by atoms with Crippen LogP contribution in [0.1, 0.15) is 59.6 Å². The number of methoxy groups -OCH3 is 1. The third-order valence-electron chi connectivity index (χ3n) is 7.29. The SMILES string of the molecule is COC(=O)CCCCCC(=O)Nc1ccc(-c2ccc3c(c2)C(=O)N(C(C(=O)Nc2nccs2)c2ccccc2)C3)cc1. The van der Waals surface area contributed by atoms with Gasteiger partial charge in [-0.2, -0.15) is 0 Å². The molecule has 1 atom stereocenters. The standard InChI is InChI=1S/C33H32N4O5S/c1-42-29(39)11-7-3-6-10-28(38)35-26-16-14-22(15-17-26)24-12-13-25-21-37(32(41)27(25)20-24)30(23-8-4-2-5-9-23)31(40)36-33-34-18-19-43-33/h2,4-5,8-9,12-20,30H,3,6-7,10-11,21H2,1H3,(H,35,38)(H,34,36,40). The van der Waals surface area contributed by atoms with Gasteiger partial charge < -0.3 is 15.0 Å². The molecule has 1 aliphatic heterocycles. The zero-order chi connectivity index (χ0) is 30.2. The van der Waals surface area contributed by atoms with Gasteiger partial charge in [0.1, 0.15) is 6.04 Å². The largest absolute Gasteiger partial charge is 0.469 e. The van der Waals surface area contributed by atoms with Gasteiger partial charge in [0.2, 0.25) is 5.91 Å². The van der Waals surface area contributed by atoms with Crippen molar-refractivity contribution >= 4 is 45.8 Å². The Hall–Kier alpha value is -4.83. The lowest BCUT2D eigenvalue weighted by Crippen LogP contribution is -2.37. The van der Waals surface area contributed by atoms with E-state index in [1.54, 1.807) is 16.5 Å². The number of fused-ring (bicyclic) bond motifs is 1. The Morgan fingerprint density at radius 1 is 0.930 bits per heavy atom. The molecule has 10 heteroatoms. The molecule has 0 spiro atoms. The summed E-state index contributed by atoms with van der Waals surface area (Å²) in [5.41, 5.74) is 4.58. The first-order valence-electron chi connectivity index (χ1n) is 14.1. The lowest BCUT2D eigenvalue weighted by molar-refractivity contribution is -0.140. The molecule has 0 radical (unpaired) electrons. The number of rotatable bonds is 12. The molecule has 1 aromatic heterocycles. The Morgan fingerprint density at radius 3 is 2.40 bits per heavy atom. The van der Waals surface area contributed by atoms with Crippen molar-refractivity contribution in [3.8, 4) is 11.1 Å². The van der Waals surface area contributed by atoms with Crippen LogP contribution in [0.3, 0.4) is 0 Å². The van der Waals surface area contributed by atoms with E-state index < -0.39 is 6.04 Å². The van der Waals surface area contributed by atoms with E-state index in [4.69, 9.17) is 0 Å². The van der Waals surface area contributed by atoms with E-state index in [9.17, 15) is 19.2 Å². The Bertz CT molecular complexity index is 1590. The third kappa shape index (κ3) is 7.34. The number of ether oxygens (including phenoxy) is 1. The van der Waals surface area contributed by atoms with Gasteiger partial charge in [-0.1, -0.05) is 61.0 Å². The van der Waals surface area contributed by atoms with Crippen molar-refractivity contribution in [1.82, 2.24) is 9.88 Å². The lowest BCUT2D eigenvalue weighted by Gasteiger charge is -2.27. The fourth-order valence-electron chi connectivity index (χ4n) is 5.08. The van der Waals surface area contributed by atoms with E-state index in [1.165, 1.54) is 18.4 Å². The average molecular weight is 597 g/mol. The van der Waals surface area contributed by atoms with Gasteiger partial charge in [0.25, 0.3) is 11.8 Å². The quantitative estimate of drug-likeness (QED) is 0.148. The number of esters is 1. The summed E-state index contributed by atoms with van der Waals surface area (Å²) >= 11 is 1.32. The first-order valence-corrected chi connectivity index (χ1v) is 15.0. The summed E-state index contributed by atoms with van der Waals surface area (Å²) in [6.07, 6.45) is 4.52. The number of unbranched alkanes of at least 4 members (excludes halogenated alkanes) is 2. The highest BCUT2D eigenvalue weighted by Gasteiger charge is 2.37. The first kappa shape index (κ1) is 29.7. The lowest BCUT2D eigenvalue weighted by atomic mass is 10.00. The highest BCUT2D eigenvalue weighted by atomic mass is 32.1. The number of nitrogens with one attached hydrogen (secondary N) is 2. The smallest absolute Gasteiger partial charge is 0.305 e. The molecule has 2 N–H and O–H groups in total. The Morgan fingerprint density at radius 2 is 1.67 bits per heavy atom. The number of carbonyl (C=O) groups is 4. The summed E-state index contributed by atoms with van der Waals surface area (Å²) in [4.78, 5) is 56.4. The summed E-state index contributed by atoms with van der Waals surface area (Å²) < 4.78 is 4.63. The van der Waals surface area contributed by atoms with Crippen LogP contribution < -0.4 is 10.6 Å². The predicted molar refractivity (Wildman–Crippen MR) is 165 cm³/mol. The minimum absolute atomic E-state index is 0.0825. The highest BCUT2D eigenvalue weighted by Crippen LogP contribution is 2.35. The van der Waals surface area contributed by atoms with Gasteiger partial charge in [0.15, 0.2) is 5.13 Å². The van der Waals surface area contributed by atoms with Crippen LogP contribution in [-0.4, -0.2) is 40.7 Å². The summed E-state index contributed by atoms with van der Waals surface area (Å²) in [7, 11) is 1.37. The average Bonchev–Trinajstić information content (AvgIpc) is 3.65. The van der Waals surface area contributed by atoms with Crippen LogP contribution in [0.15, 0.2) is 84.4 Å². The summed E-state index contributed by atoms with van der Waals surface area (Å²) in [5.74, 6) is -0.848. The molecular formula is C33H32N4O5S. The zero-order valence-electron chi connectivity index (χ0n) is 23.7. The minimum atomic E-state index is -0.816. The molecular weight excluding hydrogens is 564 g/mol. The van der Waals surface area contributed by atoms with Gasteiger partial charge in [0.05, 0.1) is 7.11 Å². The van der Waals surface area contributed by atoms with Gasteiger partial charge in [-0.15, -0.1) is 11.3 Å². The van der Waals surface area contributed by atoms with Gasteiger partial charge in [-0.05, 0) is 53.3 Å². The number of nitrogens with zero attached hydrogens (tertiary/aromatic N) is 2. The molecule has 0 saturated heterocycles. The van der Waals surface area contributed by atoms with Crippen LogP contribution in [0, 0.1) is 0 Å². The second-order valence-electron chi connectivity index (χ2n) is 10.2. The molecule has 9 nitrogen and oxygen atoms in total. The monoisotopic (exact) mass is 596 g/mol. The molecule has 3 amide bonds. The molecule has 0 saturated carbocycles. The number of hydrogen-bond acceptors (Lipinski definition) is 7. The number of hydrogen-bond donors (Lipinski definition) is 2. The second-order valence-corrected chi connectivity index (χ2v) is 11.1. The van der Waals surface area contributed by atoms with Crippen LogP contribution in [0.5, 0.6) is 0 Å². The predicted octanol–water partition coefficient (Wildman–Crippen LogP) is 6.21. The maximum atomic E-state index is 13.7. The molecule has 0 fully saturated rings. The van der Waals surface area contributed by atoms with E-state index in [0.717, 1.165) is 28.7 Å². The fourth-order valence-corrected chi connectivity index (χ4v) is 5.61. The summed E-state index contributed by atoms with van der Waals surface area (Å²) in [5, 5.41) is 8.02. The number of carbonyl (C=O) groups excluding carboxylic acids is 4. The van der Waals surface area contributed by atoms with Gasteiger partial charge in [-0.25, -0.2) is 4.98 Å². The van der Waals surface area contributed by atoms with Crippen molar-refractivity contribution in [2.24, 2.45) is 0 Å². The molecule has 2 heterocycles. The molecule has 1 unspecified atom stereocenters. The zero-order valence-corrected chi connectivity index (χ0v) is 24.6. The summed E-state index contributed by atoms with van der Waals surface area (Å²) in [6, 6.07) is 21.7. The van der Waals surface area contributed by atoms with Crippen molar-refractivity contribution in [1.29, 1.82) is 0 Å². The number of thiazole rings is 1. The molecule has 43 heavy (non-hydrogen) atoms. The molecule has 220 valence electrons. The fraction of sp³-hybridized carbons (Fsp3) is 0.242. The van der Waals surface area contributed by atoms with Crippen molar-refractivity contribution < 1.29 is 23.9 Å². The Balaban J connectivity index is 1.24. The van der Waals surface area contributed by atoms with Gasteiger partial charge >= 0.3 is 5.97 Å². The van der Waals surface area contributed by atoms with Crippen molar-refractivity contribution in [3.05, 3.63) is 101 Å². The Labute approximate surface area is 253 Å². The topological polar surface area (TPSA) is 118 Å². The highest BCUT2D eigenvalue weighted by molar-refractivity contribution is 7.13. The maximum Gasteiger partial charge on any atom is 0.305 e. The van der Waals surface area contributed by atoms with Crippen LogP contribution >= 0.6 is 11.3 Å². The van der Waals surface area contributed by atoms with Crippen LogP contribution in [0.2, 0.25) is 0 Å². The third-order valence-corrected chi connectivity index (χ3v) is 7.98. The van der Waals surface area contributed by atoms with Gasteiger partial charge in [-0.3, -0.25) is 24.5 Å². The molecule has 0 bridgehead atoms. The molecule has 0 aliphatic carbocycles. The molecule has 1 aliphatic rings. The van der Waals surface area contributed by atoms with Crippen molar-refractivity contribution in [3.63, 3.8) is 0 Å². The van der Waals surface area contributed by atoms with Crippen LogP contribution in [0.4, 0.5) is 10.8 Å². The van der Waals surface area contributed by atoms with Crippen molar-refractivity contribution in [2.45, 2.75) is 44.7 Å². The molecule has 5 rings (SSSR count). The van der Waals surface area contributed by atoms with E-state index in [2.05, 4.69) is 20.4 Å². The first-order chi connectivity index (χ1) is 20.9. The maximum absolute atomic E-state index is 13.7. The number of benzene rings is 3. The summed E-state index contributed by atoms with van der Waals surface area (Å²) in [6.45, 7) is 0.312. The number of aromatic nitrogens is 1. The number of amides is 3. The van der Waals surface area contributed by atoms with Crippen LogP contribution in [0.25, 0.3) is 11.1 Å². The molecule has 4 aromatic rings. The van der Waals surface area contributed by atoms with Gasteiger partial charge in [0, 0.05) is 42.2 Å². The van der Waals surface area contributed by atoms with E-state index in [-0.39, 0.29) is 23.7 Å². The number of anilines is 2. The van der Waals surface area contributed by atoms with E-state index in [1.807, 2.05) is 72.8 Å². The molecule has 3 aromatic carbocycles. The minimum Gasteiger partial charge on any atom is -0.469 e. The normalized spacial score (nSPS) is 12.9. The van der Waals surface area contributed by atoms with Crippen LogP contribution in [-0.2, 0) is 25.7 Å². The van der Waals surface area contributed by atoms with Crippen molar-refractivity contribution in [2.75, 3.05) is 17.7 Å².